The van der Waals surface area contributed by atoms with E-state index in [1.165, 1.54) is 12.8 Å². The largest absolute Gasteiger partial charge is 0.508 e. The topological polar surface area (TPSA) is 50.9 Å². The number of rotatable bonds is 2. The van der Waals surface area contributed by atoms with Crippen molar-refractivity contribution in [2.75, 3.05) is 0 Å². The summed E-state index contributed by atoms with van der Waals surface area (Å²) >= 11 is 0. The van der Waals surface area contributed by atoms with Crippen LogP contribution in [0.1, 0.15) is 42.9 Å². The van der Waals surface area contributed by atoms with E-state index in [1.54, 1.807) is 12.1 Å². The Hall–Kier alpha value is -1.84. The minimum absolute atomic E-state index is 0.296. The van der Waals surface area contributed by atoms with Crippen LogP contribution in [0.5, 0.6) is 5.75 Å². The number of aromatic nitrogens is 3. The van der Waals surface area contributed by atoms with Gasteiger partial charge in [-0.2, -0.15) is 5.10 Å². The van der Waals surface area contributed by atoms with Crippen LogP contribution in [0.3, 0.4) is 0 Å². The first kappa shape index (κ1) is 11.3. The maximum Gasteiger partial charge on any atom is 0.155 e. The Bertz CT molecular complexity index is 562. The maximum absolute atomic E-state index is 9.45. The molecule has 94 valence electrons. The molecule has 0 bridgehead atoms. The fourth-order valence-electron chi connectivity index (χ4n) is 2.53. The average molecular weight is 243 g/mol. The Morgan fingerprint density at radius 2 is 2.33 bits per heavy atom. The van der Waals surface area contributed by atoms with Gasteiger partial charge in [0, 0.05) is 18.9 Å². The number of hydrogen-bond acceptors (Lipinski definition) is 3. The van der Waals surface area contributed by atoms with Crippen molar-refractivity contribution in [3.8, 4) is 5.75 Å². The molecule has 1 N–H and O–H groups in total. The molecule has 1 unspecified atom stereocenters. The summed E-state index contributed by atoms with van der Waals surface area (Å²) in [5, 5.41) is 14.0. The van der Waals surface area contributed by atoms with Crippen molar-refractivity contribution in [2.24, 2.45) is 0 Å². The van der Waals surface area contributed by atoms with Crippen molar-refractivity contribution in [3.63, 3.8) is 0 Å². The molecule has 1 aliphatic rings. The van der Waals surface area contributed by atoms with Crippen molar-refractivity contribution >= 4 is 0 Å². The van der Waals surface area contributed by atoms with Gasteiger partial charge in [0.25, 0.3) is 0 Å². The van der Waals surface area contributed by atoms with Crippen LogP contribution in [-0.2, 0) is 13.0 Å². The second kappa shape index (κ2) is 4.44. The molecule has 1 aromatic heterocycles. The molecule has 1 atom stereocenters. The molecular formula is C14H17N3O. The third-order valence-corrected chi connectivity index (χ3v) is 3.46. The number of benzene rings is 1. The van der Waals surface area contributed by atoms with E-state index >= 15 is 0 Å². The minimum Gasteiger partial charge on any atom is -0.508 e. The molecule has 1 aromatic carbocycles. The summed E-state index contributed by atoms with van der Waals surface area (Å²) in [6.45, 7) is 3.19. The second-order valence-electron chi connectivity index (χ2n) is 5.00. The van der Waals surface area contributed by atoms with Crippen LogP contribution in [0, 0.1) is 0 Å². The van der Waals surface area contributed by atoms with Gasteiger partial charge in [0.1, 0.15) is 11.6 Å². The van der Waals surface area contributed by atoms with Crippen molar-refractivity contribution in [2.45, 2.75) is 38.6 Å². The lowest BCUT2D eigenvalue weighted by Gasteiger charge is -2.17. The molecule has 2 heterocycles. The predicted octanol–water partition coefficient (Wildman–Crippen LogP) is 2.47. The summed E-state index contributed by atoms with van der Waals surface area (Å²) in [6, 6.07) is 7.28. The van der Waals surface area contributed by atoms with Gasteiger partial charge in [-0.25, -0.2) is 9.67 Å². The lowest BCUT2D eigenvalue weighted by Crippen LogP contribution is -2.14. The molecule has 0 radical (unpaired) electrons. The molecule has 0 fully saturated rings. The summed E-state index contributed by atoms with van der Waals surface area (Å²) in [4.78, 5) is 4.63. The molecule has 2 aromatic rings. The van der Waals surface area contributed by atoms with Crippen LogP contribution in [0.15, 0.2) is 24.3 Å². The summed E-state index contributed by atoms with van der Waals surface area (Å²) in [6.07, 6.45) is 3.06. The first-order valence-corrected chi connectivity index (χ1v) is 6.44. The minimum atomic E-state index is 0.296. The van der Waals surface area contributed by atoms with Gasteiger partial charge in [-0.15, -0.1) is 0 Å². The molecule has 0 saturated carbocycles. The Labute approximate surface area is 106 Å². The molecular weight excluding hydrogens is 226 g/mol. The zero-order valence-corrected chi connectivity index (χ0v) is 10.5. The van der Waals surface area contributed by atoms with Gasteiger partial charge in [0.2, 0.25) is 0 Å². The van der Waals surface area contributed by atoms with Gasteiger partial charge in [-0.3, -0.25) is 0 Å². The summed E-state index contributed by atoms with van der Waals surface area (Å²) < 4.78 is 2.03. The van der Waals surface area contributed by atoms with Crippen molar-refractivity contribution in [3.05, 3.63) is 41.5 Å². The van der Waals surface area contributed by atoms with Crippen molar-refractivity contribution in [1.29, 1.82) is 0 Å². The summed E-state index contributed by atoms with van der Waals surface area (Å²) in [5.41, 5.74) is 1.05. The van der Waals surface area contributed by atoms with Gasteiger partial charge in [-0.05, 0) is 30.5 Å². The Morgan fingerprint density at radius 3 is 3.11 bits per heavy atom. The Kier molecular flexibility index (Phi) is 2.78. The third kappa shape index (κ3) is 2.10. The van der Waals surface area contributed by atoms with Crippen molar-refractivity contribution < 1.29 is 5.11 Å². The highest BCUT2D eigenvalue weighted by atomic mass is 16.3. The standard InChI is InChI=1S/C14H17N3O/c1-10-4-3-7-17-14(10)15-13(16-17)9-11-5-2-6-12(18)8-11/h2,5-6,8,10,18H,3-4,7,9H2,1H3. The molecule has 3 rings (SSSR count). The first-order valence-electron chi connectivity index (χ1n) is 6.44. The van der Waals surface area contributed by atoms with E-state index in [9.17, 15) is 5.11 Å². The van der Waals surface area contributed by atoms with Gasteiger partial charge in [0.15, 0.2) is 5.82 Å². The second-order valence-corrected chi connectivity index (χ2v) is 5.00. The molecule has 0 aliphatic carbocycles. The lowest BCUT2D eigenvalue weighted by molar-refractivity contribution is 0.431. The number of aryl methyl sites for hydroxylation is 1. The number of phenols is 1. The summed E-state index contributed by atoms with van der Waals surface area (Å²) in [7, 11) is 0. The van der Waals surface area contributed by atoms with E-state index in [1.807, 2.05) is 16.8 Å². The van der Waals surface area contributed by atoms with E-state index in [2.05, 4.69) is 17.0 Å². The number of aromatic hydroxyl groups is 1. The zero-order valence-electron chi connectivity index (χ0n) is 10.5. The first-order chi connectivity index (χ1) is 8.72. The van der Waals surface area contributed by atoms with Gasteiger partial charge in [-0.1, -0.05) is 19.1 Å². The molecule has 4 nitrogen and oxygen atoms in total. The van der Waals surface area contributed by atoms with E-state index in [0.29, 0.717) is 18.1 Å². The lowest BCUT2D eigenvalue weighted by atomic mass is 10.0. The highest BCUT2D eigenvalue weighted by Crippen LogP contribution is 2.25. The van der Waals surface area contributed by atoms with Crippen molar-refractivity contribution in [1.82, 2.24) is 14.8 Å². The highest BCUT2D eigenvalue weighted by Gasteiger charge is 2.20. The Balaban J connectivity index is 1.85. The quantitative estimate of drug-likeness (QED) is 0.881. The zero-order chi connectivity index (χ0) is 12.5. The molecule has 0 amide bonds. The van der Waals surface area contributed by atoms with Crippen LogP contribution in [-0.4, -0.2) is 19.9 Å². The maximum atomic E-state index is 9.45. The number of fused-ring (bicyclic) bond motifs is 1. The fourth-order valence-corrected chi connectivity index (χ4v) is 2.53. The van der Waals surface area contributed by atoms with E-state index < -0.39 is 0 Å². The highest BCUT2D eigenvalue weighted by molar-refractivity contribution is 5.29. The van der Waals surface area contributed by atoms with Crippen LogP contribution in [0.25, 0.3) is 0 Å². The molecule has 1 aliphatic heterocycles. The number of nitrogens with zero attached hydrogens (tertiary/aromatic N) is 3. The van der Waals surface area contributed by atoms with E-state index in [4.69, 9.17) is 0 Å². The Morgan fingerprint density at radius 1 is 1.44 bits per heavy atom. The van der Waals surface area contributed by atoms with Crippen LogP contribution >= 0.6 is 0 Å². The van der Waals surface area contributed by atoms with Gasteiger partial charge >= 0.3 is 0 Å². The normalized spacial score (nSPS) is 18.6. The smallest absolute Gasteiger partial charge is 0.155 e. The molecule has 18 heavy (non-hydrogen) atoms. The SMILES string of the molecule is CC1CCCn2nc(Cc3cccc(O)c3)nc21. The van der Waals surface area contributed by atoms with Crippen LogP contribution < -0.4 is 0 Å². The van der Waals surface area contributed by atoms with E-state index in [-0.39, 0.29) is 0 Å². The van der Waals surface area contributed by atoms with Gasteiger partial charge in [0.05, 0.1) is 0 Å². The molecule has 0 spiro atoms. The van der Waals surface area contributed by atoms with Crippen LogP contribution in [0.4, 0.5) is 0 Å². The van der Waals surface area contributed by atoms with E-state index in [0.717, 1.165) is 23.8 Å². The average Bonchev–Trinajstić information content (AvgIpc) is 2.73. The molecule has 4 heteroatoms. The van der Waals surface area contributed by atoms with Crippen LogP contribution in [0.2, 0.25) is 0 Å². The monoisotopic (exact) mass is 243 g/mol. The fraction of sp³-hybridized carbons (Fsp3) is 0.429. The third-order valence-electron chi connectivity index (χ3n) is 3.46. The predicted molar refractivity (Wildman–Crippen MR) is 68.6 cm³/mol. The summed E-state index contributed by atoms with van der Waals surface area (Å²) in [5.74, 6) is 2.76. The number of phenolic OH excluding ortho intramolecular Hbond substituents is 1. The van der Waals surface area contributed by atoms with Gasteiger partial charge < -0.3 is 5.11 Å². The molecule has 0 saturated heterocycles. The number of hydrogen-bond donors (Lipinski definition) is 1.